The number of anilines is 2. The predicted octanol–water partition coefficient (Wildman–Crippen LogP) is 2.64. The fraction of sp³-hybridized carbons (Fsp3) is 0.286. The van der Waals surface area contributed by atoms with Gasteiger partial charge in [0.15, 0.2) is 5.82 Å². The minimum absolute atomic E-state index is 0.618. The molecule has 6 heteroatoms. The second-order valence-corrected chi connectivity index (χ2v) is 5.92. The van der Waals surface area contributed by atoms with E-state index in [2.05, 4.69) is 15.0 Å². The Morgan fingerprint density at radius 1 is 1.10 bits per heavy atom. The van der Waals surface area contributed by atoms with Gasteiger partial charge < -0.3 is 10.6 Å². The Morgan fingerprint density at radius 3 is 2.55 bits per heavy atom. The Balaban J connectivity index is 1.79. The van der Waals surface area contributed by atoms with Crippen molar-refractivity contribution in [1.29, 1.82) is 0 Å². The molecular formula is C14H15N5S. The molecule has 4 rings (SSSR count). The van der Waals surface area contributed by atoms with Crippen LogP contribution in [-0.2, 0) is 0 Å². The van der Waals surface area contributed by atoms with Crippen LogP contribution in [0.25, 0.3) is 16.2 Å². The SMILES string of the molecule is Nc1c(-c2ccccc2)nc2sc(N3CCCC3)nn12. The normalized spacial score (nSPS) is 15.3. The lowest BCUT2D eigenvalue weighted by Crippen LogP contribution is -2.17. The highest BCUT2D eigenvalue weighted by atomic mass is 32.1. The van der Waals surface area contributed by atoms with Gasteiger partial charge in [-0.2, -0.15) is 4.52 Å². The predicted molar refractivity (Wildman–Crippen MR) is 82.2 cm³/mol. The Bertz CT molecular complexity index is 740. The number of fused-ring (bicyclic) bond motifs is 1. The van der Waals surface area contributed by atoms with E-state index in [9.17, 15) is 0 Å². The van der Waals surface area contributed by atoms with E-state index in [1.165, 1.54) is 12.8 Å². The van der Waals surface area contributed by atoms with Gasteiger partial charge in [-0.25, -0.2) is 4.98 Å². The van der Waals surface area contributed by atoms with E-state index in [1.54, 1.807) is 15.9 Å². The molecule has 0 unspecified atom stereocenters. The molecular weight excluding hydrogens is 270 g/mol. The first-order valence-corrected chi connectivity index (χ1v) is 7.60. The first kappa shape index (κ1) is 11.7. The molecule has 3 heterocycles. The third-order valence-electron chi connectivity index (χ3n) is 3.65. The molecule has 0 amide bonds. The van der Waals surface area contributed by atoms with E-state index < -0.39 is 0 Å². The summed E-state index contributed by atoms with van der Waals surface area (Å²) in [5, 5.41) is 5.64. The van der Waals surface area contributed by atoms with Crippen molar-refractivity contribution in [2.45, 2.75) is 12.8 Å². The van der Waals surface area contributed by atoms with E-state index in [1.807, 2.05) is 30.3 Å². The second-order valence-electron chi connectivity index (χ2n) is 4.98. The molecule has 1 saturated heterocycles. The minimum atomic E-state index is 0.618. The van der Waals surface area contributed by atoms with Crippen LogP contribution < -0.4 is 10.6 Å². The molecule has 0 atom stereocenters. The fourth-order valence-corrected chi connectivity index (χ4v) is 3.56. The summed E-state index contributed by atoms with van der Waals surface area (Å²) in [6.45, 7) is 2.17. The minimum Gasteiger partial charge on any atom is -0.382 e. The lowest BCUT2D eigenvalue weighted by atomic mass is 10.1. The summed E-state index contributed by atoms with van der Waals surface area (Å²) in [7, 11) is 0. The van der Waals surface area contributed by atoms with Crippen molar-refractivity contribution in [3.8, 4) is 11.3 Å². The second kappa shape index (κ2) is 4.49. The van der Waals surface area contributed by atoms with Crippen molar-refractivity contribution in [2.75, 3.05) is 23.7 Å². The van der Waals surface area contributed by atoms with Gasteiger partial charge in [-0.1, -0.05) is 41.7 Å². The van der Waals surface area contributed by atoms with Crippen LogP contribution in [0.2, 0.25) is 0 Å². The van der Waals surface area contributed by atoms with Gasteiger partial charge in [-0.05, 0) is 12.8 Å². The summed E-state index contributed by atoms with van der Waals surface area (Å²) in [5.41, 5.74) is 8.06. The van der Waals surface area contributed by atoms with Crippen molar-refractivity contribution in [3.63, 3.8) is 0 Å². The molecule has 0 aliphatic carbocycles. The summed E-state index contributed by atoms with van der Waals surface area (Å²) in [6.07, 6.45) is 2.49. The van der Waals surface area contributed by atoms with Gasteiger partial charge in [0.25, 0.3) is 0 Å². The lowest BCUT2D eigenvalue weighted by molar-refractivity contribution is 0.898. The van der Waals surface area contributed by atoms with E-state index in [-0.39, 0.29) is 0 Å². The summed E-state index contributed by atoms with van der Waals surface area (Å²) in [4.78, 5) is 7.81. The first-order valence-electron chi connectivity index (χ1n) is 6.78. The zero-order valence-corrected chi connectivity index (χ0v) is 11.8. The summed E-state index contributed by atoms with van der Waals surface area (Å²) < 4.78 is 1.76. The van der Waals surface area contributed by atoms with Crippen molar-refractivity contribution >= 4 is 27.2 Å². The van der Waals surface area contributed by atoms with Gasteiger partial charge in [-0.15, -0.1) is 5.10 Å². The molecule has 1 fully saturated rings. The Labute approximate surface area is 120 Å². The van der Waals surface area contributed by atoms with E-state index >= 15 is 0 Å². The number of hydrogen-bond acceptors (Lipinski definition) is 5. The van der Waals surface area contributed by atoms with Crippen molar-refractivity contribution < 1.29 is 0 Å². The van der Waals surface area contributed by atoms with E-state index in [0.29, 0.717) is 5.82 Å². The molecule has 0 spiro atoms. The molecule has 102 valence electrons. The Hall–Kier alpha value is -2.08. The quantitative estimate of drug-likeness (QED) is 0.786. The molecule has 1 aliphatic rings. The molecule has 20 heavy (non-hydrogen) atoms. The fourth-order valence-electron chi connectivity index (χ4n) is 2.60. The van der Waals surface area contributed by atoms with Gasteiger partial charge in [0.05, 0.1) is 0 Å². The molecule has 1 aliphatic heterocycles. The Kier molecular flexibility index (Phi) is 2.63. The number of imidazole rings is 1. The van der Waals surface area contributed by atoms with Crippen LogP contribution in [0.3, 0.4) is 0 Å². The van der Waals surface area contributed by atoms with Crippen LogP contribution in [-0.4, -0.2) is 27.7 Å². The number of nitrogens with two attached hydrogens (primary N) is 1. The van der Waals surface area contributed by atoms with Crippen LogP contribution >= 0.6 is 11.3 Å². The summed E-state index contributed by atoms with van der Waals surface area (Å²) in [5.74, 6) is 0.618. The number of benzene rings is 1. The van der Waals surface area contributed by atoms with Crippen molar-refractivity contribution in [1.82, 2.24) is 14.6 Å². The van der Waals surface area contributed by atoms with Gasteiger partial charge in [0.2, 0.25) is 10.1 Å². The molecule has 0 radical (unpaired) electrons. The number of nitrogen functional groups attached to an aromatic ring is 1. The highest BCUT2D eigenvalue weighted by molar-refractivity contribution is 7.20. The molecule has 3 aromatic rings. The monoisotopic (exact) mass is 285 g/mol. The van der Waals surface area contributed by atoms with Crippen LogP contribution in [0.5, 0.6) is 0 Å². The number of nitrogens with zero attached hydrogens (tertiary/aromatic N) is 4. The maximum atomic E-state index is 6.21. The highest BCUT2D eigenvalue weighted by Gasteiger charge is 2.20. The number of rotatable bonds is 2. The zero-order valence-electron chi connectivity index (χ0n) is 11.0. The topological polar surface area (TPSA) is 59.5 Å². The third kappa shape index (κ3) is 1.76. The molecule has 0 saturated carbocycles. The third-order valence-corrected chi connectivity index (χ3v) is 4.62. The largest absolute Gasteiger partial charge is 0.382 e. The van der Waals surface area contributed by atoms with Crippen LogP contribution in [0.15, 0.2) is 30.3 Å². The summed E-state index contributed by atoms with van der Waals surface area (Å²) in [6, 6.07) is 10.0. The molecule has 2 aromatic heterocycles. The van der Waals surface area contributed by atoms with Gasteiger partial charge >= 0.3 is 0 Å². The van der Waals surface area contributed by atoms with Gasteiger partial charge in [0, 0.05) is 18.7 Å². The molecule has 0 bridgehead atoms. The van der Waals surface area contributed by atoms with Crippen LogP contribution in [0.4, 0.5) is 10.9 Å². The van der Waals surface area contributed by atoms with Gasteiger partial charge in [-0.3, -0.25) is 0 Å². The maximum absolute atomic E-state index is 6.21. The smallest absolute Gasteiger partial charge is 0.216 e. The van der Waals surface area contributed by atoms with Crippen molar-refractivity contribution in [3.05, 3.63) is 30.3 Å². The maximum Gasteiger partial charge on any atom is 0.216 e. The van der Waals surface area contributed by atoms with Crippen LogP contribution in [0, 0.1) is 0 Å². The first-order chi connectivity index (χ1) is 9.83. The van der Waals surface area contributed by atoms with Gasteiger partial charge in [0.1, 0.15) is 5.69 Å². The standard InChI is InChI=1S/C14H15N5S/c15-12-11(10-6-2-1-3-7-10)16-13-19(12)17-14(20-13)18-8-4-5-9-18/h1-3,6-7H,4-5,8-9,15H2. The highest BCUT2D eigenvalue weighted by Crippen LogP contribution is 2.32. The van der Waals surface area contributed by atoms with E-state index in [4.69, 9.17) is 5.73 Å². The summed E-state index contributed by atoms with van der Waals surface area (Å²) >= 11 is 1.61. The number of aromatic nitrogens is 3. The van der Waals surface area contributed by atoms with Crippen LogP contribution in [0.1, 0.15) is 12.8 Å². The van der Waals surface area contributed by atoms with Crippen molar-refractivity contribution in [2.24, 2.45) is 0 Å². The van der Waals surface area contributed by atoms with E-state index in [0.717, 1.165) is 34.4 Å². The molecule has 5 nitrogen and oxygen atoms in total. The molecule has 2 N–H and O–H groups in total. The average molecular weight is 285 g/mol. The Morgan fingerprint density at radius 2 is 1.85 bits per heavy atom. The number of hydrogen-bond donors (Lipinski definition) is 1. The average Bonchev–Trinajstić information content (AvgIpc) is 3.17. The zero-order chi connectivity index (χ0) is 13.5. The lowest BCUT2D eigenvalue weighted by Gasteiger charge is -2.11. The molecule has 1 aromatic carbocycles.